The summed E-state index contributed by atoms with van der Waals surface area (Å²) >= 11 is 0. The van der Waals surface area contributed by atoms with Crippen molar-refractivity contribution < 1.29 is 19.5 Å². The van der Waals surface area contributed by atoms with Gasteiger partial charge in [-0.15, -0.1) is 0 Å². The van der Waals surface area contributed by atoms with Gasteiger partial charge in [0.05, 0.1) is 13.5 Å². The number of amidine groups is 1. The smallest absolute Gasteiger partial charge is 0.307 e. The normalized spacial score (nSPS) is 11.5. The molecule has 0 aliphatic carbocycles. The Balaban J connectivity index is 0.000000883. The Morgan fingerprint density at radius 2 is 1.63 bits per heavy atom. The average Bonchev–Trinajstić information content (AvgIpc) is 2.91. The zero-order valence-electron chi connectivity index (χ0n) is 26.1. The van der Waals surface area contributed by atoms with Crippen molar-refractivity contribution in [3.8, 4) is 28.0 Å². The number of methoxy groups -OCH3 is 1. The van der Waals surface area contributed by atoms with Crippen LogP contribution in [0, 0.1) is 19.3 Å². The molecule has 0 heterocycles. The molecule has 0 amide bonds. The first-order chi connectivity index (χ1) is 19.3. The summed E-state index contributed by atoms with van der Waals surface area (Å²) in [6.07, 6.45) is 1.17. The van der Waals surface area contributed by atoms with Crippen molar-refractivity contribution in [1.29, 1.82) is 0 Å². The molecule has 0 saturated carbocycles. The Kier molecular flexibility index (Phi) is 12.4. The number of nitrogens with two attached hydrogens (primary N) is 1. The van der Waals surface area contributed by atoms with Crippen LogP contribution in [0.3, 0.4) is 0 Å². The van der Waals surface area contributed by atoms with Crippen molar-refractivity contribution in [1.82, 2.24) is 5.32 Å². The lowest BCUT2D eigenvalue weighted by atomic mass is 9.84. The Morgan fingerprint density at radius 3 is 2.15 bits per heavy atom. The van der Waals surface area contributed by atoms with E-state index in [1.54, 1.807) is 14.0 Å². The third-order valence-corrected chi connectivity index (χ3v) is 6.98. The van der Waals surface area contributed by atoms with Gasteiger partial charge in [-0.05, 0) is 90.4 Å². The predicted molar refractivity (Wildman–Crippen MR) is 169 cm³/mol. The van der Waals surface area contributed by atoms with Crippen molar-refractivity contribution in [2.75, 3.05) is 14.2 Å². The van der Waals surface area contributed by atoms with Crippen LogP contribution in [0.4, 0.5) is 0 Å². The molecule has 3 aromatic rings. The van der Waals surface area contributed by atoms with Gasteiger partial charge in [0, 0.05) is 12.1 Å². The summed E-state index contributed by atoms with van der Waals surface area (Å²) in [5.41, 5.74) is 14.7. The zero-order valence-corrected chi connectivity index (χ0v) is 26.1. The van der Waals surface area contributed by atoms with Crippen LogP contribution in [0.5, 0.6) is 5.75 Å². The predicted octanol–water partition coefficient (Wildman–Crippen LogP) is 7.24. The van der Waals surface area contributed by atoms with Crippen molar-refractivity contribution >= 4 is 11.8 Å². The summed E-state index contributed by atoms with van der Waals surface area (Å²) in [6, 6.07) is 16.1. The number of carboxylic acids is 1. The Morgan fingerprint density at radius 1 is 1.00 bits per heavy atom. The fraction of sp³-hybridized carbons (Fsp3) is 0.412. The van der Waals surface area contributed by atoms with E-state index in [1.807, 2.05) is 63.4 Å². The number of rotatable bonds is 10. The largest absolute Gasteiger partial charge is 0.497 e. The maximum atomic E-state index is 11.8. The third kappa shape index (κ3) is 9.94. The second-order valence-electron chi connectivity index (χ2n) is 11.5. The summed E-state index contributed by atoms with van der Waals surface area (Å²) in [5.74, 6) is 0.182. The molecule has 0 aliphatic rings. The van der Waals surface area contributed by atoms with Crippen molar-refractivity contribution in [2.24, 2.45) is 16.3 Å². The maximum Gasteiger partial charge on any atom is 0.307 e. The monoisotopic (exact) mass is 561 g/mol. The second kappa shape index (κ2) is 15.2. The molecule has 0 spiro atoms. The van der Waals surface area contributed by atoms with Gasteiger partial charge in [0.2, 0.25) is 0 Å². The number of aliphatic carboxylic acids is 1. The molecule has 41 heavy (non-hydrogen) atoms. The van der Waals surface area contributed by atoms with Crippen LogP contribution in [0.1, 0.15) is 68.9 Å². The zero-order chi connectivity index (χ0) is 30.7. The van der Waals surface area contributed by atoms with Crippen molar-refractivity contribution in [3.05, 3.63) is 76.3 Å². The Labute approximate surface area is 245 Å². The van der Waals surface area contributed by atoms with Gasteiger partial charge in [0.25, 0.3) is 0 Å². The highest BCUT2D eigenvalue weighted by atomic mass is 16.6. The highest BCUT2D eigenvalue weighted by Gasteiger charge is 2.21. The number of ether oxygens (including phenoxy) is 1. The van der Waals surface area contributed by atoms with Crippen LogP contribution in [-0.4, -0.2) is 31.1 Å². The minimum Gasteiger partial charge on any atom is -0.497 e. The third-order valence-electron chi connectivity index (χ3n) is 6.98. The quantitative estimate of drug-likeness (QED) is 0.137. The summed E-state index contributed by atoms with van der Waals surface area (Å²) in [5, 5.41) is 16.8. The van der Waals surface area contributed by atoms with Crippen LogP contribution in [0.15, 0.2) is 53.7 Å². The number of carbonyl (C=O) groups is 1. The van der Waals surface area contributed by atoms with E-state index in [9.17, 15) is 9.90 Å². The molecule has 0 atom stereocenters. The molecule has 3 rings (SSSR count). The minimum absolute atomic E-state index is 0.104. The lowest BCUT2D eigenvalue weighted by Crippen LogP contribution is -2.11. The first-order valence-corrected chi connectivity index (χ1v) is 14.0. The molecule has 0 fully saturated rings. The topological polar surface area (TPSA) is 106 Å². The number of nitrogens with one attached hydrogen (secondary N) is 1. The van der Waals surface area contributed by atoms with Gasteiger partial charge in [0.15, 0.2) is 0 Å². The first kappa shape index (κ1) is 33.4. The standard InChI is InChI=1S/C28H33N3O4.C6H14/c1-17-6-8-20(9-7-17)25-13-26(23-11-10-22(34-5)12-21(23)15-30-4)27(16-35-31-19(3)29)18(2)24(25)14-28(32)33;1-5-6(2,3)4/h6-13,30H,14-16H2,1-5H3,(H2,29,31)(H,32,33);5H2,1-4H3. The SMILES string of the molecule is CCC(C)(C)C.CNCc1cc(OC)ccc1-c1cc(-c2ccc(C)cc2)c(CC(=O)O)c(C)c1CO/N=C(/C)N. The first-order valence-electron chi connectivity index (χ1n) is 14.0. The van der Waals surface area contributed by atoms with E-state index in [4.69, 9.17) is 15.3 Å². The van der Waals surface area contributed by atoms with Gasteiger partial charge in [-0.3, -0.25) is 4.79 Å². The van der Waals surface area contributed by atoms with E-state index in [1.165, 1.54) is 6.42 Å². The van der Waals surface area contributed by atoms with E-state index in [-0.39, 0.29) is 13.0 Å². The Bertz CT molecular complexity index is 1340. The molecule has 7 heteroatoms. The number of hydrogen-bond acceptors (Lipinski definition) is 5. The van der Waals surface area contributed by atoms with Crippen LogP contribution in [0.25, 0.3) is 22.3 Å². The fourth-order valence-electron chi connectivity index (χ4n) is 4.20. The van der Waals surface area contributed by atoms with Gasteiger partial charge in [-0.1, -0.05) is 75.2 Å². The fourth-order valence-corrected chi connectivity index (χ4v) is 4.20. The molecular formula is C34H47N3O4. The van der Waals surface area contributed by atoms with Gasteiger partial charge >= 0.3 is 5.97 Å². The van der Waals surface area contributed by atoms with Crippen LogP contribution >= 0.6 is 0 Å². The summed E-state index contributed by atoms with van der Waals surface area (Å²) in [4.78, 5) is 17.4. The van der Waals surface area contributed by atoms with Gasteiger partial charge < -0.3 is 25.7 Å². The summed E-state index contributed by atoms with van der Waals surface area (Å²) in [7, 11) is 3.54. The molecule has 222 valence electrons. The van der Waals surface area contributed by atoms with E-state index < -0.39 is 5.97 Å². The van der Waals surface area contributed by atoms with E-state index in [0.717, 1.165) is 55.8 Å². The lowest BCUT2D eigenvalue weighted by Gasteiger charge is -2.22. The number of hydrogen-bond donors (Lipinski definition) is 3. The molecule has 0 aliphatic heterocycles. The molecule has 0 saturated heterocycles. The van der Waals surface area contributed by atoms with Crippen LogP contribution < -0.4 is 15.8 Å². The number of benzene rings is 3. The van der Waals surface area contributed by atoms with E-state index in [0.29, 0.717) is 17.8 Å². The summed E-state index contributed by atoms with van der Waals surface area (Å²) in [6.45, 7) is 15.3. The van der Waals surface area contributed by atoms with Gasteiger partial charge in [0.1, 0.15) is 18.2 Å². The van der Waals surface area contributed by atoms with Crippen molar-refractivity contribution in [3.63, 3.8) is 0 Å². The maximum absolute atomic E-state index is 11.8. The number of carboxylic acid groups (broad SMARTS) is 1. The highest BCUT2D eigenvalue weighted by molar-refractivity contribution is 5.85. The minimum atomic E-state index is -0.891. The average molecular weight is 562 g/mol. The van der Waals surface area contributed by atoms with E-state index >= 15 is 0 Å². The lowest BCUT2D eigenvalue weighted by molar-refractivity contribution is -0.136. The molecule has 0 bridgehead atoms. The highest BCUT2D eigenvalue weighted by Crippen LogP contribution is 2.39. The van der Waals surface area contributed by atoms with Crippen LogP contribution in [0.2, 0.25) is 0 Å². The summed E-state index contributed by atoms with van der Waals surface area (Å²) < 4.78 is 5.45. The molecule has 7 nitrogen and oxygen atoms in total. The molecular weight excluding hydrogens is 514 g/mol. The van der Waals surface area contributed by atoms with E-state index in [2.05, 4.69) is 44.2 Å². The van der Waals surface area contributed by atoms with Gasteiger partial charge in [-0.25, -0.2) is 0 Å². The van der Waals surface area contributed by atoms with Crippen LogP contribution in [-0.2, 0) is 29.2 Å². The number of nitrogens with zero attached hydrogens (tertiary/aromatic N) is 1. The van der Waals surface area contributed by atoms with Crippen molar-refractivity contribution in [2.45, 2.75) is 74.5 Å². The second-order valence-corrected chi connectivity index (χ2v) is 11.5. The molecule has 4 N–H and O–H groups in total. The number of oxime groups is 1. The number of aryl methyl sites for hydroxylation is 1. The van der Waals surface area contributed by atoms with Gasteiger partial charge in [-0.2, -0.15) is 0 Å². The molecule has 3 aromatic carbocycles. The molecule has 0 aromatic heterocycles. The molecule has 0 radical (unpaired) electrons. The molecule has 0 unspecified atom stereocenters. The Hall–Kier alpha value is -3.84.